The molecule has 0 bridgehead atoms. The van der Waals surface area contributed by atoms with Gasteiger partial charge in [0.05, 0.1) is 34.0 Å². The Labute approximate surface area is 252 Å². The molecule has 10 nitrogen and oxygen atoms in total. The monoisotopic (exact) mass is 599 g/mol. The molecule has 1 aromatic heterocycles. The number of benzene rings is 1. The molecule has 1 aliphatic rings. The summed E-state index contributed by atoms with van der Waals surface area (Å²) < 4.78 is 0. The Hall–Kier alpha value is -3.31. The second kappa shape index (κ2) is 14.7. The lowest BCUT2D eigenvalue weighted by molar-refractivity contribution is -0.150. The van der Waals surface area contributed by atoms with Crippen LogP contribution in [0.4, 0.5) is 0 Å². The lowest BCUT2D eigenvalue weighted by atomic mass is 9.70. The second-order valence-corrected chi connectivity index (χ2v) is 13.1. The zero-order valence-electron chi connectivity index (χ0n) is 25.3. The number of aliphatic hydroxyl groups is 1. The molecule has 1 unspecified atom stereocenters. The lowest BCUT2D eigenvalue weighted by Crippen LogP contribution is -2.53. The number of carbonyl (C=O) groups excluding carboxylic acids is 4. The number of thiazole rings is 1. The maximum absolute atomic E-state index is 14.1. The third-order valence-corrected chi connectivity index (χ3v) is 8.89. The van der Waals surface area contributed by atoms with Crippen molar-refractivity contribution < 1.29 is 24.3 Å². The predicted octanol–water partition coefficient (Wildman–Crippen LogP) is 3.16. The number of unbranched alkanes of at least 4 members (excludes halogenated alkanes) is 2. The highest BCUT2D eigenvalue weighted by molar-refractivity contribution is 7.13. The van der Waals surface area contributed by atoms with Crippen molar-refractivity contribution in [3.05, 3.63) is 41.0 Å². The van der Waals surface area contributed by atoms with Gasteiger partial charge in [0.2, 0.25) is 23.6 Å². The summed E-state index contributed by atoms with van der Waals surface area (Å²) in [7, 11) is 1.55. The summed E-state index contributed by atoms with van der Waals surface area (Å²) in [5.74, 6) is -2.58. The number of nitrogens with zero attached hydrogens (tertiary/aromatic N) is 2. The van der Waals surface area contributed by atoms with Gasteiger partial charge >= 0.3 is 0 Å². The van der Waals surface area contributed by atoms with E-state index in [2.05, 4.69) is 15.6 Å². The Bertz CT molecular complexity index is 1240. The van der Waals surface area contributed by atoms with Gasteiger partial charge < -0.3 is 26.4 Å². The normalized spacial score (nSPS) is 18.4. The van der Waals surface area contributed by atoms with Crippen LogP contribution in [-0.2, 0) is 25.7 Å². The Kier molecular flexibility index (Phi) is 11.6. The molecule has 0 spiro atoms. The molecule has 42 heavy (non-hydrogen) atoms. The van der Waals surface area contributed by atoms with Crippen LogP contribution in [0.1, 0.15) is 70.6 Å². The van der Waals surface area contributed by atoms with Crippen molar-refractivity contribution in [2.24, 2.45) is 23.0 Å². The van der Waals surface area contributed by atoms with Crippen LogP contribution >= 0.6 is 11.3 Å². The van der Waals surface area contributed by atoms with Crippen LogP contribution in [0, 0.1) is 24.2 Å². The van der Waals surface area contributed by atoms with E-state index in [0.29, 0.717) is 25.7 Å². The number of aliphatic hydroxyl groups excluding tert-OH is 1. The van der Waals surface area contributed by atoms with Crippen molar-refractivity contribution in [3.63, 3.8) is 0 Å². The van der Waals surface area contributed by atoms with Gasteiger partial charge in [0, 0.05) is 33.0 Å². The summed E-state index contributed by atoms with van der Waals surface area (Å²) >= 11 is 1.58. The zero-order valence-corrected chi connectivity index (χ0v) is 26.1. The highest BCUT2D eigenvalue weighted by Gasteiger charge is 2.47. The van der Waals surface area contributed by atoms with Gasteiger partial charge in [0.25, 0.3) is 0 Å². The first-order valence-electron chi connectivity index (χ1n) is 14.6. The summed E-state index contributed by atoms with van der Waals surface area (Å²) in [4.78, 5) is 58.5. The SMILES string of the molecule is CNC(=O)C(CCCCCC(N)=O)[C@H](C(=O)N1C[C@H](O)C[C@H]1C(=O)NCc1ccc(-c2scnc2C)cc1)C(C)(C)C. The van der Waals surface area contributed by atoms with Crippen LogP contribution in [0.15, 0.2) is 29.8 Å². The molecule has 5 N–H and O–H groups in total. The molecule has 2 heterocycles. The van der Waals surface area contributed by atoms with Crippen molar-refractivity contribution in [2.75, 3.05) is 13.6 Å². The molecule has 4 amide bonds. The minimum atomic E-state index is -0.836. The van der Waals surface area contributed by atoms with Gasteiger partial charge in [-0.15, -0.1) is 11.3 Å². The maximum Gasteiger partial charge on any atom is 0.243 e. The van der Waals surface area contributed by atoms with E-state index in [-0.39, 0.29) is 49.6 Å². The minimum Gasteiger partial charge on any atom is -0.391 e. The first kappa shape index (κ1) is 33.2. The van der Waals surface area contributed by atoms with Crippen molar-refractivity contribution >= 4 is 35.0 Å². The number of aryl methyl sites for hydroxylation is 1. The average Bonchev–Trinajstić information content (AvgIpc) is 3.54. The molecule has 230 valence electrons. The van der Waals surface area contributed by atoms with E-state index in [4.69, 9.17) is 5.73 Å². The summed E-state index contributed by atoms with van der Waals surface area (Å²) in [6.45, 7) is 8.03. The van der Waals surface area contributed by atoms with Crippen molar-refractivity contribution in [2.45, 2.75) is 84.9 Å². The van der Waals surface area contributed by atoms with E-state index in [1.807, 2.05) is 57.5 Å². The quantitative estimate of drug-likeness (QED) is 0.259. The molecule has 0 aliphatic carbocycles. The fraction of sp³-hybridized carbons (Fsp3) is 0.581. The minimum absolute atomic E-state index is 0.0332. The molecule has 4 atom stereocenters. The largest absolute Gasteiger partial charge is 0.391 e. The molecule has 1 aromatic carbocycles. The second-order valence-electron chi connectivity index (χ2n) is 12.2. The number of hydrogen-bond acceptors (Lipinski definition) is 7. The van der Waals surface area contributed by atoms with Crippen molar-refractivity contribution in [1.82, 2.24) is 20.5 Å². The Morgan fingerprint density at radius 1 is 1.14 bits per heavy atom. The van der Waals surface area contributed by atoms with E-state index >= 15 is 0 Å². The number of nitrogens with two attached hydrogens (primary N) is 1. The summed E-state index contributed by atoms with van der Waals surface area (Å²) in [5, 5.41) is 16.2. The number of carbonyl (C=O) groups is 4. The topological polar surface area (TPSA) is 155 Å². The van der Waals surface area contributed by atoms with Gasteiger partial charge in [-0.3, -0.25) is 19.2 Å². The Balaban J connectivity index is 1.72. The van der Waals surface area contributed by atoms with Crippen molar-refractivity contribution in [1.29, 1.82) is 0 Å². The van der Waals surface area contributed by atoms with E-state index < -0.39 is 29.4 Å². The van der Waals surface area contributed by atoms with Gasteiger partial charge in [0.1, 0.15) is 6.04 Å². The van der Waals surface area contributed by atoms with Gasteiger partial charge in [0.15, 0.2) is 0 Å². The number of likely N-dealkylation sites (tertiary alicyclic amines) is 1. The molecular formula is C31H45N5O5S. The molecule has 1 aliphatic heterocycles. The van der Waals surface area contributed by atoms with Crippen LogP contribution in [0.5, 0.6) is 0 Å². The highest BCUT2D eigenvalue weighted by atomic mass is 32.1. The van der Waals surface area contributed by atoms with Gasteiger partial charge in [-0.05, 0) is 36.3 Å². The van der Waals surface area contributed by atoms with Gasteiger partial charge in [-0.1, -0.05) is 57.9 Å². The van der Waals surface area contributed by atoms with Gasteiger partial charge in [-0.2, -0.15) is 0 Å². The number of nitrogens with one attached hydrogen (secondary N) is 2. The van der Waals surface area contributed by atoms with Crippen LogP contribution in [-0.4, -0.2) is 64.4 Å². The molecule has 1 fully saturated rings. The van der Waals surface area contributed by atoms with Crippen LogP contribution in [0.2, 0.25) is 0 Å². The smallest absolute Gasteiger partial charge is 0.243 e. The summed E-state index contributed by atoms with van der Waals surface area (Å²) in [6, 6.07) is 7.07. The van der Waals surface area contributed by atoms with Crippen LogP contribution in [0.25, 0.3) is 10.4 Å². The number of rotatable bonds is 13. The Morgan fingerprint density at radius 2 is 1.83 bits per heavy atom. The van der Waals surface area contributed by atoms with Crippen LogP contribution < -0.4 is 16.4 Å². The van der Waals surface area contributed by atoms with Crippen LogP contribution in [0.3, 0.4) is 0 Å². The average molecular weight is 600 g/mol. The van der Waals surface area contributed by atoms with E-state index in [0.717, 1.165) is 21.7 Å². The van der Waals surface area contributed by atoms with E-state index in [9.17, 15) is 24.3 Å². The van der Waals surface area contributed by atoms with E-state index in [1.54, 1.807) is 18.4 Å². The van der Waals surface area contributed by atoms with Gasteiger partial charge in [-0.25, -0.2) is 4.98 Å². The fourth-order valence-electron chi connectivity index (χ4n) is 5.77. The first-order chi connectivity index (χ1) is 19.8. The molecule has 1 saturated heterocycles. The van der Waals surface area contributed by atoms with Crippen molar-refractivity contribution in [3.8, 4) is 10.4 Å². The number of aromatic nitrogens is 1. The molecule has 0 radical (unpaired) electrons. The predicted molar refractivity (Wildman–Crippen MR) is 163 cm³/mol. The molecule has 11 heteroatoms. The molecular weight excluding hydrogens is 554 g/mol. The standard InChI is InChI=1S/C31H45N5O5S/c1-19-27(42-18-35-19)21-13-11-20(12-14-21)16-34-29(40)24-15-22(37)17-36(24)30(41)26(31(2,3)4)23(28(39)33-5)9-7-6-8-10-25(32)38/h11-14,18,22-24,26,37H,6-10,15-17H2,1-5H3,(H2,32,38)(H,33,39)(H,34,40)/t22-,23?,24+,26-/m1/s1. The fourth-order valence-corrected chi connectivity index (χ4v) is 6.58. The molecule has 3 rings (SSSR count). The highest BCUT2D eigenvalue weighted by Crippen LogP contribution is 2.38. The number of primary amides is 1. The Morgan fingerprint density at radius 3 is 2.40 bits per heavy atom. The van der Waals surface area contributed by atoms with E-state index in [1.165, 1.54) is 4.90 Å². The zero-order chi connectivity index (χ0) is 31.0. The lowest BCUT2D eigenvalue weighted by Gasteiger charge is -2.39. The third kappa shape index (κ3) is 8.61. The molecule has 2 aromatic rings. The number of hydrogen-bond donors (Lipinski definition) is 4. The third-order valence-electron chi connectivity index (χ3n) is 7.92. The first-order valence-corrected chi connectivity index (χ1v) is 15.5. The maximum atomic E-state index is 14.1. The summed E-state index contributed by atoms with van der Waals surface area (Å²) in [5.41, 5.74) is 9.42. The number of β-amino-alcohol motifs (C(OH)–C–C–N with tert-alkyl or cyclic N) is 1. The number of amides is 4. The molecule has 0 saturated carbocycles. The summed E-state index contributed by atoms with van der Waals surface area (Å²) in [6.07, 6.45) is 2.02.